The maximum absolute atomic E-state index is 13.0. The highest BCUT2D eigenvalue weighted by Gasteiger charge is 2.38. The SMILES string of the molecule is CC1CCC(C(C)(C)c2ccc(F)cc2)C(N)C1. The van der Waals surface area contributed by atoms with Gasteiger partial charge in [-0.3, -0.25) is 0 Å². The lowest BCUT2D eigenvalue weighted by Crippen LogP contribution is -2.45. The van der Waals surface area contributed by atoms with E-state index in [9.17, 15) is 4.39 Å². The maximum Gasteiger partial charge on any atom is 0.123 e. The van der Waals surface area contributed by atoms with Crippen LogP contribution in [0.15, 0.2) is 24.3 Å². The Morgan fingerprint density at radius 3 is 2.33 bits per heavy atom. The molecule has 0 bridgehead atoms. The second kappa shape index (κ2) is 5.00. The summed E-state index contributed by atoms with van der Waals surface area (Å²) in [5.74, 6) is 1.05. The van der Waals surface area contributed by atoms with Crippen molar-refractivity contribution in [1.82, 2.24) is 0 Å². The Hall–Kier alpha value is -0.890. The summed E-state index contributed by atoms with van der Waals surface area (Å²) in [6.07, 6.45) is 3.53. The molecule has 1 fully saturated rings. The zero-order chi connectivity index (χ0) is 13.3. The predicted molar refractivity (Wildman–Crippen MR) is 73.9 cm³/mol. The topological polar surface area (TPSA) is 26.0 Å². The molecule has 1 nitrogen and oxygen atoms in total. The van der Waals surface area contributed by atoms with Gasteiger partial charge in [0, 0.05) is 6.04 Å². The van der Waals surface area contributed by atoms with Gasteiger partial charge in [0.15, 0.2) is 0 Å². The largest absolute Gasteiger partial charge is 0.327 e. The Kier molecular flexibility index (Phi) is 3.76. The van der Waals surface area contributed by atoms with Crippen molar-refractivity contribution >= 4 is 0 Å². The fraction of sp³-hybridized carbons (Fsp3) is 0.625. The molecule has 2 heteroatoms. The lowest BCUT2D eigenvalue weighted by Gasteiger charge is -2.43. The molecule has 0 aliphatic heterocycles. The van der Waals surface area contributed by atoms with Gasteiger partial charge in [-0.1, -0.05) is 39.3 Å². The third-order valence-electron chi connectivity index (χ3n) is 4.68. The van der Waals surface area contributed by atoms with Crippen LogP contribution in [0.1, 0.15) is 45.6 Å². The minimum atomic E-state index is -0.170. The lowest BCUT2D eigenvalue weighted by atomic mass is 9.64. The van der Waals surface area contributed by atoms with Gasteiger partial charge in [-0.25, -0.2) is 4.39 Å². The van der Waals surface area contributed by atoms with Gasteiger partial charge < -0.3 is 5.73 Å². The van der Waals surface area contributed by atoms with E-state index in [4.69, 9.17) is 5.73 Å². The third-order valence-corrected chi connectivity index (χ3v) is 4.68. The molecule has 18 heavy (non-hydrogen) atoms. The van der Waals surface area contributed by atoms with Crippen LogP contribution in [0.25, 0.3) is 0 Å². The fourth-order valence-corrected chi connectivity index (χ4v) is 3.41. The Morgan fingerprint density at radius 1 is 1.17 bits per heavy atom. The molecule has 0 radical (unpaired) electrons. The van der Waals surface area contributed by atoms with Crippen molar-refractivity contribution in [2.45, 2.75) is 51.5 Å². The Labute approximate surface area is 110 Å². The highest BCUT2D eigenvalue weighted by atomic mass is 19.1. The Bertz CT molecular complexity index is 396. The molecule has 1 aromatic carbocycles. The molecule has 0 aromatic heterocycles. The van der Waals surface area contributed by atoms with Gasteiger partial charge in [0.1, 0.15) is 5.82 Å². The molecule has 2 N–H and O–H groups in total. The fourth-order valence-electron chi connectivity index (χ4n) is 3.41. The lowest BCUT2D eigenvalue weighted by molar-refractivity contribution is 0.171. The molecule has 0 heterocycles. The van der Waals surface area contributed by atoms with Crippen LogP contribution in [0.2, 0.25) is 0 Å². The van der Waals surface area contributed by atoms with Gasteiger partial charge >= 0.3 is 0 Å². The Balaban J connectivity index is 2.22. The minimum Gasteiger partial charge on any atom is -0.327 e. The molecule has 1 aliphatic rings. The first-order valence-electron chi connectivity index (χ1n) is 6.93. The summed E-state index contributed by atoms with van der Waals surface area (Å²) in [6, 6.07) is 7.16. The number of rotatable bonds is 2. The summed E-state index contributed by atoms with van der Waals surface area (Å²) in [7, 11) is 0. The van der Waals surface area contributed by atoms with Crippen molar-refractivity contribution in [2.75, 3.05) is 0 Å². The van der Waals surface area contributed by atoms with Crippen LogP contribution >= 0.6 is 0 Å². The van der Waals surface area contributed by atoms with E-state index in [-0.39, 0.29) is 17.3 Å². The molecule has 2 rings (SSSR count). The molecule has 100 valence electrons. The van der Waals surface area contributed by atoms with E-state index in [1.165, 1.54) is 18.4 Å². The summed E-state index contributed by atoms with van der Waals surface area (Å²) in [5, 5.41) is 0. The van der Waals surface area contributed by atoms with Crippen LogP contribution in [0.4, 0.5) is 4.39 Å². The molecule has 3 atom stereocenters. The average Bonchev–Trinajstić information content (AvgIpc) is 2.29. The van der Waals surface area contributed by atoms with Gasteiger partial charge in [-0.2, -0.15) is 0 Å². The third kappa shape index (κ3) is 2.59. The summed E-state index contributed by atoms with van der Waals surface area (Å²) >= 11 is 0. The van der Waals surface area contributed by atoms with Crippen molar-refractivity contribution < 1.29 is 4.39 Å². The van der Waals surface area contributed by atoms with E-state index < -0.39 is 0 Å². The second-order valence-electron chi connectivity index (χ2n) is 6.42. The van der Waals surface area contributed by atoms with Crippen LogP contribution in [0, 0.1) is 17.7 Å². The van der Waals surface area contributed by atoms with Crippen molar-refractivity contribution in [1.29, 1.82) is 0 Å². The predicted octanol–water partition coefficient (Wildman–Crippen LogP) is 3.87. The first-order chi connectivity index (χ1) is 8.41. The number of benzene rings is 1. The zero-order valence-electron chi connectivity index (χ0n) is 11.6. The van der Waals surface area contributed by atoms with Crippen LogP contribution < -0.4 is 5.73 Å². The second-order valence-corrected chi connectivity index (χ2v) is 6.42. The molecule has 3 unspecified atom stereocenters. The number of halogens is 1. The van der Waals surface area contributed by atoms with E-state index in [0.717, 1.165) is 12.3 Å². The summed E-state index contributed by atoms with van der Waals surface area (Å²) in [5.41, 5.74) is 7.56. The first kappa shape index (κ1) is 13.5. The van der Waals surface area contributed by atoms with Gasteiger partial charge in [0.2, 0.25) is 0 Å². The van der Waals surface area contributed by atoms with Crippen molar-refractivity contribution in [2.24, 2.45) is 17.6 Å². The van der Waals surface area contributed by atoms with Gasteiger partial charge in [0.05, 0.1) is 0 Å². The molecule has 0 saturated heterocycles. The van der Waals surface area contributed by atoms with Crippen LogP contribution in [-0.4, -0.2) is 6.04 Å². The van der Waals surface area contributed by atoms with Crippen molar-refractivity contribution in [3.05, 3.63) is 35.6 Å². The monoisotopic (exact) mass is 249 g/mol. The van der Waals surface area contributed by atoms with Gasteiger partial charge in [-0.05, 0) is 47.8 Å². The molecular weight excluding hydrogens is 225 g/mol. The highest BCUT2D eigenvalue weighted by Crippen LogP contribution is 2.41. The molecular formula is C16H24FN. The van der Waals surface area contributed by atoms with E-state index in [1.54, 1.807) is 12.1 Å². The number of nitrogens with two attached hydrogens (primary N) is 1. The van der Waals surface area contributed by atoms with Crippen LogP contribution in [0.5, 0.6) is 0 Å². The van der Waals surface area contributed by atoms with E-state index >= 15 is 0 Å². The van der Waals surface area contributed by atoms with Crippen molar-refractivity contribution in [3.63, 3.8) is 0 Å². The molecule has 1 aromatic rings. The van der Waals surface area contributed by atoms with Gasteiger partial charge in [0.25, 0.3) is 0 Å². The average molecular weight is 249 g/mol. The molecule has 1 saturated carbocycles. The zero-order valence-corrected chi connectivity index (χ0v) is 11.6. The van der Waals surface area contributed by atoms with Crippen LogP contribution in [-0.2, 0) is 5.41 Å². The standard InChI is InChI=1S/C16H24FN/c1-11-4-9-14(15(18)10-11)16(2,3)12-5-7-13(17)8-6-12/h5-8,11,14-15H,4,9-10,18H2,1-3H3. The molecule has 1 aliphatic carbocycles. The van der Waals surface area contributed by atoms with E-state index in [0.29, 0.717) is 5.92 Å². The summed E-state index contributed by atoms with van der Waals surface area (Å²) in [6.45, 7) is 6.75. The van der Waals surface area contributed by atoms with Crippen LogP contribution in [0.3, 0.4) is 0 Å². The van der Waals surface area contributed by atoms with E-state index in [2.05, 4.69) is 20.8 Å². The minimum absolute atomic E-state index is 0.0211. The smallest absolute Gasteiger partial charge is 0.123 e. The Morgan fingerprint density at radius 2 is 1.78 bits per heavy atom. The quantitative estimate of drug-likeness (QED) is 0.846. The maximum atomic E-state index is 13.0. The summed E-state index contributed by atoms with van der Waals surface area (Å²) < 4.78 is 13.0. The number of hydrogen-bond acceptors (Lipinski definition) is 1. The number of hydrogen-bond donors (Lipinski definition) is 1. The van der Waals surface area contributed by atoms with Crippen molar-refractivity contribution in [3.8, 4) is 0 Å². The first-order valence-corrected chi connectivity index (χ1v) is 6.93. The summed E-state index contributed by atoms with van der Waals surface area (Å²) in [4.78, 5) is 0. The normalized spacial score (nSPS) is 29.3. The molecule has 0 amide bonds. The highest BCUT2D eigenvalue weighted by molar-refractivity contribution is 5.26. The van der Waals surface area contributed by atoms with Gasteiger partial charge in [-0.15, -0.1) is 0 Å². The molecule has 0 spiro atoms. The van der Waals surface area contributed by atoms with E-state index in [1.807, 2.05) is 12.1 Å².